The summed E-state index contributed by atoms with van der Waals surface area (Å²) < 4.78 is 20.0. The van der Waals surface area contributed by atoms with Crippen LogP contribution in [-0.2, 0) is 19.0 Å². The van der Waals surface area contributed by atoms with Gasteiger partial charge in [-0.3, -0.25) is 4.79 Å². The summed E-state index contributed by atoms with van der Waals surface area (Å²) in [4.78, 5) is 26.6. The Morgan fingerprint density at radius 2 is 2.09 bits per heavy atom. The first-order valence-electron chi connectivity index (χ1n) is 11.3. The van der Waals surface area contributed by atoms with Gasteiger partial charge in [-0.15, -0.1) is 0 Å². The van der Waals surface area contributed by atoms with Crippen molar-refractivity contribution in [1.82, 2.24) is 19.5 Å². The van der Waals surface area contributed by atoms with Crippen molar-refractivity contribution in [2.45, 2.75) is 50.2 Å². The summed E-state index contributed by atoms with van der Waals surface area (Å²) in [5.74, 6) is -1.37. The zero-order valence-corrected chi connectivity index (χ0v) is 19.1. The molecule has 2 aromatic heterocycles. The maximum Gasteiger partial charge on any atom is 0.238 e. The second-order valence-corrected chi connectivity index (χ2v) is 9.50. The number of ether oxygens (including phenoxy) is 3. The average Bonchev–Trinajstić information content (AvgIpc) is 3.54. The number of rotatable bonds is 4. The Morgan fingerprint density at radius 3 is 2.88 bits per heavy atom. The Bertz CT molecular complexity index is 1340. The summed E-state index contributed by atoms with van der Waals surface area (Å²) in [5, 5.41) is 12.2. The van der Waals surface area contributed by atoms with E-state index in [4.69, 9.17) is 14.2 Å². The SMILES string of the molecule is COC[C@H]1C[C@@H](n2cnc3c(C4C(=O)Nc5ccc(C#N)cc54)ncnc32)[C@@H]2OC(C)(C)O[C@H]12. The molecule has 1 aliphatic carbocycles. The molecular weight excluding hydrogens is 436 g/mol. The zero-order chi connectivity index (χ0) is 23.6. The monoisotopic (exact) mass is 460 g/mol. The fourth-order valence-corrected chi connectivity index (χ4v) is 5.63. The summed E-state index contributed by atoms with van der Waals surface area (Å²) in [5.41, 5.74) is 3.59. The number of nitrogens with one attached hydrogen (secondary N) is 1. The minimum Gasteiger partial charge on any atom is -0.384 e. The van der Waals surface area contributed by atoms with Crippen molar-refractivity contribution in [3.8, 4) is 6.07 Å². The number of hydrogen-bond acceptors (Lipinski definition) is 8. The number of imidazole rings is 1. The molecule has 6 rings (SSSR count). The number of aromatic nitrogens is 4. The van der Waals surface area contributed by atoms with Crippen LogP contribution < -0.4 is 5.32 Å². The van der Waals surface area contributed by atoms with Crippen molar-refractivity contribution >= 4 is 22.8 Å². The Labute approximate surface area is 195 Å². The standard InChI is InChI=1S/C24H24N6O4/c1-24(2)33-20-13(9-32-3)7-16(21(20)34-24)30-11-28-19-18(26-10-27-22(19)30)17-14-6-12(8-25)4-5-15(14)29-23(17)31/h4-6,10-11,13,16-17,20-21H,7,9H2,1-3H3,(H,29,31)/t13-,16-,17?,20-,21+/m1/s1. The smallest absolute Gasteiger partial charge is 0.238 e. The molecule has 3 aromatic rings. The first-order valence-corrected chi connectivity index (χ1v) is 11.3. The highest BCUT2D eigenvalue weighted by molar-refractivity contribution is 6.06. The molecule has 0 bridgehead atoms. The van der Waals surface area contributed by atoms with E-state index in [9.17, 15) is 10.1 Å². The molecule has 10 nitrogen and oxygen atoms in total. The van der Waals surface area contributed by atoms with Crippen molar-refractivity contribution in [3.05, 3.63) is 47.7 Å². The number of nitriles is 1. The van der Waals surface area contributed by atoms with E-state index in [1.54, 1.807) is 31.6 Å². The van der Waals surface area contributed by atoms with Crippen LogP contribution in [0.25, 0.3) is 11.2 Å². The molecule has 0 radical (unpaired) electrons. The fraction of sp³-hybridized carbons (Fsp3) is 0.458. The second kappa shape index (κ2) is 7.56. The molecule has 2 fully saturated rings. The van der Waals surface area contributed by atoms with Gasteiger partial charge in [0.15, 0.2) is 11.4 Å². The lowest BCUT2D eigenvalue weighted by Crippen LogP contribution is -2.28. The Morgan fingerprint density at radius 1 is 1.26 bits per heavy atom. The van der Waals surface area contributed by atoms with Crippen LogP contribution in [0.2, 0.25) is 0 Å². The molecule has 1 unspecified atom stereocenters. The van der Waals surface area contributed by atoms with Crippen LogP contribution in [0.4, 0.5) is 5.69 Å². The average molecular weight is 460 g/mol. The van der Waals surface area contributed by atoms with E-state index in [1.807, 2.05) is 18.4 Å². The molecule has 1 amide bonds. The summed E-state index contributed by atoms with van der Waals surface area (Å²) in [6, 6.07) is 7.25. The van der Waals surface area contributed by atoms with Gasteiger partial charge in [0.05, 0.1) is 42.4 Å². The lowest BCUT2D eigenvalue weighted by Gasteiger charge is -2.24. The molecule has 3 aliphatic rings. The first kappa shape index (κ1) is 21.2. The highest BCUT2D eigenvalue weighted by Crippen LogP contribution is 2.48. The van der Waals surface area contributed by atoms with E-state index < -0.39 is 11.7 Å². The zero-order valence-electron chi connectivity index (χ0n) is 19.1. The van der Waals surface area contributed by atoms with Gasteiger partial charge >= 0.3 is 0 Å². The molecule has 1 saturated heterocycles. The molecule has 1 aromatic carbocycles. The van der Waals surface area contributed by atoms with E-state index in [0.717, 1.165) is 6.42 Å². The van der Waals surface area contributed by atoms with E-state index in [1.165, 1.54) is 6.33 Å². The molecule has 2 aliphatic heterocycles. The fourth-order valence-electron chi connectivity index (χ4n) is 5.63. The molecule has 1 N–H and O–H groups in total. The van der Waals surface area contributed by atoms with Crippen LogP contribution in [-0.4, -0.2) is 57.1 Å². The van der Waals surface area contributed by atoms with Crippen LogP contribution in [0.3, 0.4) is 0 Å². The van der Waals surface area contributed by atoms with Crippen LogP contribution in [0.5, 0.6) is 0 Å². The van der Waals surface area contributed by atoms with Crippen molar-refractivity contribution in [2.24, 2.45) is 5.92 Å². The molecule has 10 heteroatoms. The molecule has 174 valence electrons. The number of anilines is 1. The lowest BCUT2D eigenvalue weighted by molar-refractivity contribution is -0.162. The molecule has 34 heavy (non-hydrogen) atoms. The van der Waals surface area contributed by atoms with Gasteiger partial charge in [0.25, 0.3) is 0 Å². The number of methoxy groups -OCH3 is 1. The number of amides is 1. The van der Waals surface area contributed by atoms with Gasteiger partial charge in [-0.25, -0.2) is 15.0 Å². The van der Waals surface area contributed by atoms with Crippen molar-refractivity contribution < 1.29 is 19.0 Å². The lowest BCUT2D eigenvalue weighted by atomic mass is 9.95. The quantitative estimate of drug-likeness (QED) is 0.630. The van der Waals surface area contributed by atoms with Crippen LogP contribution in [0, 0.1) is 17.2 Å². The summed E-state index contributed by atoms with van der Waals surface area (Å²) >= 11 is 0. The maximum atomic E-state index is 12.9. The van der Waals surface area contributed by atoms with Gasteiger partial charge in [0.1, 0.15) is 23.9 Å². The number of hydrogen-bond donors (Lipinski definition) is 1. The van der Waals surface area contributed by atoms with E-state index in [-0.39, 0.29) is 30.1 Å². The third-order valence-electron chi connectivity index (χ3n) is 6.96. The molecule has 5 atom stereocenters. The van der Waals surface area contributed by atoms with Gasteiger partial charge in [0, 0.05) is 18.7 Å². The minimum atomic E-state index is -0.680. The molecular formula is C24H24N6O4. The minimum absolute atomic E-state index is 0.0467. The maximum absolute atomic E-state index is 12.9. The van der Waals surface area contributed by atoms with Gasteiger partial charge < -0.3 is 24.1 Å². The van der Waals surface area contributed by atoms with Crippen molar-refractivity contribution in [3.63, 3.8) is 0 Å². The number of carbonyl (C=O) groups is 1. The van der Waals surface area contributed by atoms with Crippen LogP contribution in [0.1, 0.15) is 49.0 Å². The highest BCUT2D eigenvalue weighted by atomic mass is 16.8. The second-order valence-electron chi connectivity index (χ2n) is 9.50. The Hall–Kier alpha value is -3.39. The van der Waals surface area contributed by atoms with Gasteiger partial charge in [-0.2, -0.15) is 5.26 Å². The number of benzene rings is 1. The highest BCUT2D eigenvalue weighted by Gasteiger charge is 2.54. The third-order valence-corrected chi connectivity index (χ3v) is 6.96. The topological polar surface area (TPSA) is 124 Å². The summed E-state index contributed by atoms with van der Waals surface area (Å²) in [6.45, 7) is 4.42. The van der Waals surface area contributed by atoms with E-state index >= 15 is 0 Å². The number of carbonyl (C=O) groups excluding carboxylic acids is 1. The van der Waals surface area contributed by atoms with Crippen molar-refractivity contribution in [2.75, 3.05) is 19.0 Å². The molecule has 0 spiro atoms. The van der Waals surface area contributed by atoms with E-state index in [0.29, 0.717) is 40.3 Å². The summed E-state index contributed by atoms with van der Waals surface area (Å²) in [6.07, 6.45) is 3.75. The first-order chi connectivity index (χ1) is 16.4. The number of fused-ring (bicyclic) bond motifs is 3. The Kier molecular flexibility index (Phi) is 4.71. The molecule has 4 heterocycles. The predicted octanol–water partition coefficient (Wildman–Crippen LogP) is 2.51. The summed E-state index contributed by atoms with van der Waals surface area (Å²) in [7, 11) is 1.69. The van der Waals surface area contributed by atoms with Gasteiger partial charge in [-0.1, -0.05) is 0 Å². The molecule has 1 saturated carbocycles. The largest absolute Gasteiger partial charge is 0.384 e. The normalized spacial score (nSPS) is 29.1. The van der Waals surface area contributed by atoms with Crippen LogP contribution >= 0.6 is 0 Å². The van der Waals surface area contributed by atoms with E-state index in [2.05, 4.69) is 26.3 Å². The third kappa shape index (κ3) is 3.12. The van der Waals surface area contributed by atoms with Crippen LogP contribution in [0.15, 0.2) is 30.9 Å². The Balaban J connectivity index is 1.42. The van der Waals surface area contributed by atoms with Crippen molar-refractivity contribution in [1.29, 1.82) is 5.26 Å². The predicted molar refractivity (Wildman–Crippen MR) is 120 cm³/mol. The van der Waals surface area contributed by atoms with Gasteiger partial charge in [0.2, 0.25) is 5.91 Å². The van der Waals surface area contributed by atoms with Gasteiger partial charge in [-0.05, 0) is 44.0 Å². The number of nitrogens with zero attached hydrogens (tertiary/aromatic N) is 5.